The lowest BCUT2D eigenvalue weighted by Gasteiger charge is -2.09. The normalized spacial score (nSPS) is 13.9. The van der Waals surface area contributed by atoms with Crippen LogP contribution in [0.15, 0.2) is 65.8 Å². The number of benzene rings is 2. The maximum atomic E-state index is 9.41. The Bertz CT molecular complexity index is 1310. The van der Waals surface area contributed by atoms with Crippen LogP contribution in [0.1, 0.15) is 178 Å². The van der Waals surface area contributed by atoms with E-state index in [2.05, 4.69) is 94.1 Å². The van der Waals surface area contributed by atoms with E-state index in [1.165, 1.54) is 127 Å². The van der Waals surface area contributed by atoms with Crippen molar-refractivity contribution in [3.05, 3.63) is 93.8 Å². The van der Waals surface area contributed by atoms with Gasteiger partial charge in [-0.3, -0.25) is 0 Å². The molecular formula is C45H66N2. The van der Waals surface area contributed by atoms with Crippen LogP contribution in [0.4, 0.5) is 0 Å². The van der Waals surface area contributed by atoms with Gasteiger partial charge in [0.2, 0.25) is 11.4 Å². The molecule has 0 spiro atoms. The van der Waals surface area contributed by atoms with Crippen LogP contribution in [0.25, 0.3) is 11.5 Å². The van der Waals surface area contributed by atoms with Crippen molar-refractivity contribution in [3.8, 4) is 11.8 Å². The topological polar surface area (TPSA) is 26.8 Å². The molecule has 0 amide bonds. The summed E-state index contributed by atoms with van der Waals surface area (Å²) in [4.78, 5) is 0. The molecule has 0 bridgehead atoms. The van der Waals surface area contributed by atoms with Gasteiger partial charge in [0.05, 0.1) is 5.57 Å². The van der Waals surface area contributed by atoms with Crippen LogP contribution in [0.2, 0.25) is 0 Å². The lowest BCUT2D eigenvalue weighted by atomic mass is 9.94. The summed E-state index contributed by atoms with van der Waals surface area (Å²) in [5.74, 6) is 16.5. The Morgan fingerprint density at radius 2 is 0.979 bits per heavy atom. The lowest BCUT2D eigenvalue weighted by molar-refractivity contribution is -0.347. The molecule has 1 N–H and O–H groups in total. The van der Waals surface area contributed by atoms with Crippen molar-refractivity contribution in [1.82, 2.24) is 0 Å². The van der Waals surface area contributed by atoms with Crippen molar-refractivity contribution < 1.29 is 4.68 Å². The maximum Gasteiger partial charge on any atom is 0.225 e. The lowest BCUT2D eigenvalue weighted by Crippen LogP contribution is -2.11. The van der Waals surface area contributed by atoms with E-state index < -0.39 is 0 Å². The van der Waals surface area contributed by atoms with Crippen molar-refractivity contribution in [2.75, 3.05) is 0 Å². The summed E-state index contributed by atoms with van der Waals surface area (Å²) in [6, 6.07) is 17.9. The van der Waals surface area contributed by atoms with Crippen molar-refractivity contribution in [2.45, 2.75) is 169 Å². The monoisotopic (exact) mass is 635 g/mol. The van der Waals surface area contributed by atoms with Crippen molar-refractivity contribution in [3.63, 3.8) is 0 Å². The Labute approximate surface area is 290 Å². The molecule has 2 heteroatoms. The van der Waals surface area contributed by atoms with Gasteiger partial charge in [0.15, 0.2) is 0 Å². The molecule has 2 nitrogen and oxygen atoms in total. The number of nitrogens with one attached hydrogen (secondary N) is 1. The maximum absolute atomic E-state index is 9.41. The highest BCUT2D eigenvalue weighted by Crippen LogP contribution is 2.35. The number of unbranched alkanes of at least 4 members (excludes halogenated alkanes) is 17. The molecule has 1 aliphatic heterocycles. The minimum atomic E-state index is 0.917. The van der Waals surface area contributed by atoms with Gasteiger partial charge in [0, 0.05) is 17.5 Å². The highest BCUT2D eigenvalue weighted by molar-refractivity contribution is 6.17. The first-order chi connectivity index (χ1) is 23.1. The third-order valence-corrected chi connectivity index (χ3v) is 9.71. The highest BCUT2D eigenvalue weighted by Gasteiger charge is 2.34. The predicted octanol–water partition coefficient (Wildman–Crippen LogP) is 13.8. The van der Waals surface area contributed by atoms with Gasteiger partial charge in [-0.2, -0.15) is 0 Å². The summed E-state index contributed by atoms with van der Waals surface area (Å²) in [5.41, 5.74) is 8.89. The Morgan fingerprint density at radius 3 is 1.45 bits per heavy atom. The number of allylic oxidation sites excluding steroid dienone is 3. The second-order valence-corrected chi connectivity index (χ2v) is 13.7. The summed E-state index contributed by atoms with van der Waals surface area (Å²) in [6.07, 6.45) is 30.4. The van der Waals surface area contributed by atoms with Crippen LogP contribution in [0, 0.1) is 11.8 Å². The Kier molecular flexibility index (Phi) is 19.0. The number of hydrogen-bond acceptors (Lipinski definition) is 0. The highest BCUT2D eigenvalue weighted by atomic mass is 15.3. The van der Waals surface area contributed by atoms with Gasteiger partial charge in [-0.25, -0.2) is 4.68 Å². The minimum Gasteiger partial charge on any atom is -0.448 e. The zero-order valence-corrected chi connectivity index (χ0v) is 30.7. The first-order valence-corrected chi connectivity index (χ1v) is 19.6. The molecule has 47 heavy (non-hydrogen) atoms. The van der Waals surface area contributed by atoms with Gasteiger partial charge in [-0.05, 0) is 74.4 Å². The number of hydrogen-bond donors (Lipinski definition) is 0. The summed E-state index contributed by atoms with van der Waals surface area (Å²) < 4.78 is 1.66. The van der Waals surface area contributed by atoms with E-state index in [-0.39, 0.29) is 0 Å². The average Bonchev–Trinajstić information content (AvgIpc) is 3.38. The van der Waals surface area contributed by atoms with Gasteiger partial charge in [-0.1, -0.05) is 166 Å². The fourth-order valence-corrected chi connectivity index (χ4v) is 6.75. The van der Waals surface area contributed by atoms with E-state index in [0.29, 0.717) is 0 Å². The summed E-state index contributed by atoms with van der Waals surface area (Å²) in [6.45, 7) is 8.92. The largest absolute Gasteiger partial charge is 0.448 e. The van der Waals surface area contributed by atoms with E-state index in [1.807, 2.05) is 0 Å². The molecule has 0 atom stereocenters. The molecule has 0 saturated heterocycles. The second kappa shape index (κ2) is 23.3. The van der Waals surface area contributed by atoms with Gasteiger partial charge >= 0.3 is 0 Å². The molecule has 1 heterocycles. The van der Waals surface area contributed by atoms with Crippen molar-refractivity contribution in [1.29, 1.82) is 0 Å². The summed E-state index contributed by atoms with van der Waals surface area (Å²) in [5, 5.41) is 0. The fourth-order valence-electron chi connectivity index (χ4n) is 6.75. The van der Waals surface area contributed by atoms with Crippen LogP contribution in [0.5, 0.6) is 0 Å². The van der Waals surface area contributed by atoms with Crippen LogP contribution in [-0.4, -0.2) is 10.4 Å². The fraction of sp³-hybridized carbons (Fsp3) is 0.578. The molecule has 0 saturated carbocycles. The second-order valence-electron chi connectivity index (χ2n) is 13.7. The quantitative estimate of drug-likeness (QED) is 0.0661. The Balaban J connectivity index is 1.72. The first-order valence-electron chi connectivity index (χ1n) is 19.6. The van der Waals surface area contributed by atoms with Crippen molar-refractivity contribution in [2.24, 2.45) is 0 Å². The molecule has 0 radical (unpaired) electrons. The molecule has 0 aromatic heterocycles. The Morgan fingerprint density at radius 1 is 0.553 bits per heavy atom. The third kappa shape index (κ3) is 13.2. The molecule has 0 fully saturated rings. The van der Waals surface area contributed by atoms with Gasteiger partial charge < -0.3 is 5.84 Å². The first kappa shape index (κ1) is 38.4. The van der Waals surface area contributed by atoms with E-state index in [0.717, 1.165) is 59.4 Å². The molecule has 256 valence electrons. The molecule has 0 unspecified atom stereocenters. The third-order valence-electron chi connectivity index (χ3n) is 9.71. The molecule has 3 rings (SSSR count). The van der Waals surface area contributed by atoms with Gasteiger partial charge in [-0.15, -0.1) is 0 Å². The average molecular weight is 635 g/mol. The number of aryl methyl sites for hydroxylation is 2. The molecule has 2 aromatic carbocycles. The Hall–Kier alpha value is -3.05. The van der Waals surface area contributed by atoms with Crippen LogP contribution in [0.3, 0.4) is 0 Å². The van der Waals surface area contributed by atoms with Crippen LogP contribution < -0.4 is 0 Å². The van der Waals surface area contributed by atoms with E-state index in [4.69, 9.17) is 0 Å². The number of rotatable bonds is 23. The van der Waals surface area contributed by atoms with Crippen molar-refractivity contribution >= 4 is 11.4 Å². The predicted molar refractivity (Wildman–Crippen MR) is 207 cm³/mol. The van der Waals surface area contributed by atoms with Crippen LogP contribution in [-0.2, 0) is 12.8 Å². The number of nitrogens with zero attached hydrogens (tertiary/aromatic N) is 1. The van der Waals surface area contributed by atoms with Crippen LogP contribution >= 0.6 is 0 Å². The molecule has 0 aliphatic carbocycles. The minimum absolute atomic E-state index is 0.917. The zero-order valence-electron chi connectivity index (χ0n) is 30.7. The summed E-state index contributed by atoms with van der Waals surface area (Å²) >= 11 is 0. The molecule has 1 aliphatic rings. The SMILES string of the molecule is CC=C1C(C#CCCCCCCCCCCCCC)=C(c2ccc(CCCCCC)cc2)[N+]([NH-])=C1c1ccc(CCCCCC)cc1. The van der Waals surface area contributed by atoms with E-state index in [9.17, 15) is 5.84 Å². The molecular weight excluding hydrogens is 569 g/mol. The van der Waals surface area contributed by atoms with E-state index >= 15 is 0 Å². The van der Waals surface area contributed by atoms with Gasteiger partial charge in [0.25, 0.3) is 0 Å². The smallest absolute Gasteiger partial charge is 0.225 e. The van der Waals surface area contributed by atoms with E-state index in [1.54, 1.807) is 4.68 Å². The summed E-state index contributed by atoms with van der Waals surface area (Å²) in [7, 11) is 0. The standard InChI is InChI=1S/C45H66N2/c1-5-9-12-15-16-17-18-19-20-21-22-23-26-29-43-42(8-4)44(40-34-30-38(31-35-40)27-24-13-10-6-2)47(46)45(43)41-36-32-39(33-37-41)28-25-14-11-7-3/h8,30-37,46H,5-7,9-25,27-28H2,1-4H3. The molecule has 2 aromatic rings. The zero-order chi connectivity index (χ0) is 33.5. The van der Waals surface area contributed by atoms with Gasteiger partial charge in [0.1, 0.15) is 5.57 Å².